The van der Waals surface area contributed by atoms with E-state index in [2.05, 4.69) is 0 Å². The zero-order valence-electron chi connectivity index (χ0n) is 19.0. The van der Waals surface area contributed by atoms with E-state index >= 15 is 0 Å². The maximum atomic E-state index is 13.0. The van der Waals surface area contributed by atoms with Gasteiger partial charge < -0.3 is 10.0 Å². The Labute approximate surface area is 197 Å². The van der Waals surface area contributed by atoms with Crippen LogP contribution in [0.15, 0.2) is 47.4 Å². The Morgan fingerprint density at radius 3 is 2.21 bits per heavy atom. The number of nitriles is 1. The molecule has 3 aromatic rings. The smallest absolute Gasteiger partial charge is 0.273 e. The number of aromatic hydroxyl groups is 1. The summed E-state index contributed by atoms with van der Waals surface area (Å²) in [6.07, 6.45) is 2.15. The van der Waals surface area contributed by atoms with Gasteiger partial charge in [0.15, 0.2) is 5.78 Å². The molecule has 0 aliphatic rings. The third-order valence-electron chi connectivity index (χ3n) is 4.69. The molecule has 0 spiro atoms. The van der Waals surface area contributed by atoms with Gasteiger partial charge in [0.05, 0.1) is 11.3 Å². The van der Waals surface area contributed by atoms with Crippen molar-refractivity contribution in [2.75, 3.05) is 14.1 Å². The van der Waals surface area contributed by atoms with Crippen LogP contribution in [0.1, 0.15) is 38.2 Å². The van der Waals surface area contributed by atoms with Crippen molar-refractivity contribution >= 4 is 23.8 Å². The quantitative estimate of drug-likeness (QED) is 0.464. The first kappa shape index (κ1) is 25.4. The zero-order chi connectivity index (χ0) is 24.9. The van der Waals surface area contributed by atoms with E-state index in [4.69, 9.17) is 11.6 Å². The van der Waals surface area contributed by atoms with Crippen molar-refractivity contribution < 1.29 is 14.7 Å². The molecule has 0 fully saturated rings. The number of amides is 1. The molecule has 1 aromatic heterocycles. The van der Waals surface area contributed by atoms with E-state index in [0.29, 0.717) is 10.7 Å². The number of hydrogen-bond acceptors (Lipinski definition) is 5. The van der Waals surface area contributed by atoms with Gasteiger partial charge in [-0.1, -0.05) is 29.3 Å². The fourth-order valence-corrected chi connectivity index (χ4v) is 3.52. The summed E-state index contributed by atoms with van der Waals surface area (Å²) in [7, 11) is 3.38. The van der Waals surface area contributed by atoms with Crippen molar-refractivity contribution in [1.29, 1.82) is 5.26 Å². The number of benzene rings is 2. The minimum absolute atomic E-state index is 0.000983. The number of carbonyl (C=O) groups excluding carboxylic acids is 2. The summed E-state index contributed by atoms with van der Waals surface area (Å²) in [5.41, 5.74) is 2.79. The van der Waals surface area contributed by atoms with Gasteiger partial charge in [-0.2, -0.15) is 5.26 Å². The largest absolute Gasteiger partial charge is 0.507 e. The Morgan fingerprint density at radius 1 is 1.12 bits per heavy atom. The van der Waals surface area contributed by atoms with Gasteiger partial charge in [0.2, 0.25) is 6.41 Å². The second-order valence-corrected chi connectivity index (χ2v) is 8.17. The Bertz CT molecular complexity index is 1300. The highest BCUT2D eigenvalue weighted by atomic mass is 35.5. The first-order valence-electron chi connectivity index (χ1n) is 9.90. The minimum Gasteiger partial charge on any atom is -0.507 e. The second-order valence-electron chi connectivity index (χ2n) is 7.74. The van der Waals surface area contributed by atoms with Gasteiger partial charge in [-0.15, -0.1) is 0 Å². The second kappa shape index (κ2) is 10.6. The van der Waals surface area contributed by atoms with Crippen molar-refractivity contribution in [3.8, 4) is 17.5 Å². The molecule has 0 atom stereocenters. The Balaban J connectivity index is 0.000000696. The molecule has 1 amide bonds. The van der Waals surface area contributed by atoms with E-state index in [9.17, 15) is 24.8 Å². The zero-order valence-corrected chi connectivity index (χ0v) is 19.8. The number of ketones is 1. The molecule has 33 heavy (non-hydrogen) atoms. The fraction of sp³-hybridized carbons (Fsp3) is 0.200. The monoisotopic (exact) mass is 465 g/mol. The number of pyridine rings is 1. The summed E-state index contributed by atoms with van der Waals surface area (Å²) in [5.74, 6) is -0.763. The molecule has 1 N–H and O–H groups in total. The summed E-state index contributed by atoms with van der Waals surface area (Å²) in [6.45, 7) is 5.69. The molecule has 0 saturated carbocycles. The van der Waals surface area contributed by atoms with Crippen molar-refractivity contribution in [1.82, 2.24) is 9.47 Å². The number of phenolic OH excluding ortho intramolecular Hbond substituents is 1. The van der Waals surface area contributed by atoms with Crippen LogP contribution < -0.4 is 5.56 Å². The van der Waals surface area contributed by atoms with Gasteiger partial charge in [0.1, 0.15) is 17.4 Å². The van der Waals surface area contributed by atoms with Gasteiger partial charge in [0.25, 0.3) is 5.56 Å². The van der Waals surface area contributed by atoms with Gasteiger partial charge in [-0.05, 0) is 56.2 Å². The topological polar surface area (TPSA) is 103 Å². The van der Waals surface area contributed by atoms with Crippen LogP contribution in [0.3, 0.4) is 0 Å². The highest BCUT2D eigenvalue weighted by Crippen LogP contribution is 2.25. The molecule has 1 heterocycles. The summed E-state index contributed by atoms with van der Waals surface area (Å²) in [6, 6.07) is 11.1. The number of carbonyl (C=O) groups is 2. The van der Waals surface area contributed by atoms with Gasteiger partial charge in [0, 0.05) is 30.9 Å². The number of aryl methyl sites for hydroxylation is 3. The maximum Gasteiger partial charge on any atom is 0.273 e. The maximum absolute atomic E-state index is 13.0. The molecule has 0 unspecified atom stereocenters. The van der Waals surface area contributed by atoms with E-state index in [1.54, 1.807) is 14.1 Å². The highest BCUT2D eigenvalue weighted by Gasteiger charge is 2.19. The first-order valence-corrected chi connectivity index (χ1v) is 10.3. The molecular weight excluding hydrogens is 442 g/mol. The number of hydrogen-bond donors (Lipinski definition) is 1. The third-order valence-corrected chi connectivity index (χ3v) is 4.93. The van der Waals surface area contributed by atoms with Crippen LogP contribution in [0.5, 0.6) is 5.75 Å². The summed E-state index contributed by atoms with van der Waals surface area (Å²) in [4.78, 5) is 36.6. The van der Waals surface area contributed by atoms with Crippen molar-refractivity contribution in [3.05, 3.63) is 91.4 Å². The van der Waals surface area contributed by atoms with Crippen LogP contribution in [-0.2, 0) is 4.79 Å². The standard InChI is InChI=1S/C22H17ClN2O3.C3H7NO/c1-12-6-13(2)20(14(3)7-12)25-11-16(8-15(10-24)22(25)28)21(27)18-9-17(23)4-5-19(18)26;1-4(2)3-5/h4-9,11,26H,1-3H3;3H,1-2H3. The number of rotatable bonds is 4. The number of halogens is 1. The van der Waals surface area contributed by atoms with Crippen molar-refractivity contribution in [2.24, 2.45) is 0 Å². The van der Waals surface area contributed by atoms with Crippen LogP contribution in [-0.4, -0.2) is 40.9 Å². The first-order chi connectivity index (χ1) is 15.5. The molecule has 0 radical (unpaired) electrons. The summed E-state index contributed by atoms with van der Waals surface area (Å²) >= 11 is 5.94. The molecule has 0 bridgehead atoms. The predicted octanol–water partition coefficient (Wildman–Crippen LogP) is 3.93. The van der Waals surface area contributed by atoms with Crippen LogP contribution >= 0.6 is 11.6 Å². The van der Waals surface area contributed by atoms with Crippen LogP contribution in [0, 0.1) is 32.1 Å². The van der Waals surface area contributed by atoms with Gasteiger partial charge in [-0.3, -0.25) is 19.0 Å². The molecule has 0 saturated heterocycles. The summed E-state index contributed by atoms with van der Waals surface area (Å²) in [5, 5.41) is 19.7. The summed E-state index contributed by atoms with van der Waals surface area (Å²) < 4.78 is 1.32. The molecule has 8 heteroatoms. The van der Waals surface area contributed by atoms with E-state index in [0.717, 1.165) is 23.1 Å². The molecular formula is C25H24ClN3O4. The number of nitrogens with zero attached hydrogens (tertiary/aromatic N) is 3. The van der Waals surface area contributed by atoms with Gasteiger partial charge >= 0.3 is 0 Å². The Morgan fingerprint density at radius 2 is 1.70 bits per heavy atom. The molecule has 0 aliphatic heterocycles. The Kier molecular flexibility index (Phi) is 8.16. The average molecular weight is 466 g/mol. The molecule has 0 aliphatic carbocycles. The average Bonchev–Trinajstić information content (AvgIpc) is 2.75. The third kappa shape index (κ3) is 5.88. The van der Waals surface area contributed by atoms with Crippen LogP contribution in [0.4, 0.5) is 0 Å². The van der Waals surface area contributed by atoms with E-state index in [1.165, 1.54) is 39.9 Å². The lowest BCUT2D eigenvalue weighted by Gasteiger charge is -2.15. The SMILES string of the molecule is CN(C)C=O.Cc1cc(C)c(-n2cc(C(=O)c3cc(Cl)ccc3O)cc(C#N)c2=O)c(C)c1. The van der Waals surface area contributed by atoms with E-state index in [-0.39, 0.29) is 22.4 Å². The molecule has 7 nitrogen and oxygen atoms in total. The van der Waals surface area contributed by atoms with Crippen LogP contribution in [0.2, 0.25) is 5.02 Å². The highest BCUT2D eigenvalue weighted by molar-refractivity contribution is 6.31. The van der Waals surface area contributed by atoms with E-state index in [1.807, 2.05) is 39.0 Å². The fourth-order valence-electron chi connectivity index (χ4n) is 3.35. The Hall–Kier alpha value is -3.89. The van der Waals surface area contributed by atoms with Crippen molar-refractivity contribution in [3.63, 3.8) is 0 Å². The molecule has 2 aromatic carbocycles. The molecule has 170 valence electrons. The number of phenols is 1. The normalized spacial score (nSPS) is 9.97. The van der Waals surface area contributed by atoms with Gasteiger partial charge in [-0.25, -0.2) is 0 Å². The lowest BCUT2D eigenvalue weighted by Crippen LogP contribution is -2.24. The predicted molar refractivity (Wildman–Crippen MR) is 127 cm³/mol. The van der Waals surface area contributed by atoms with E-state index < -0.39 is 11.3 Å². The lowest BCUT2D eigenvalue weighted by molar-refractivity contribution is -0.115. The molecule has 3 rings (SSSR count). The lowest BCUT2D eigenvalue weighted by atomic mass is 10.0. The number of aromatic nitrogens is 1. The van der Waals surface area contributed by atoms with Crippen LogP contribution in [0.25, 0.3) is 5.69 Å². The minimum atomic E-state index is -0.535. The van der Waals surface area contributed by atoms with Crippen molar-refractivity contribution in [2.45, 2.75) is 20.8 Å².